The minimum atomic E-state index is -0.243. The maximum atomic E-state index is 13.2. The van der Waals surface area contributed by atoms with Gasteiger partial charge in [-0.15, -0.1) is 10.2 Å². The van der Waals surface area contributed by atoms with E-state index in [1.807, 2.05) is 19.1 Å². The molecule has 6 nitrogen and oxygen atoms in total. The molecule has 0 aliphatic carbocycles. The summed E-state index contributed by atoms with van der Waals surface area (Å²) >= 11 is 0. The summed E-state index contributed by atoms with van der Waals surface area (Å²) in [5.74, 6) is 2.60. The van der Waals surface area contributed by atoms with Crippen LogP contribution in [0.15, 0.2) is 24.3 Å². The van der Waals surface area contributed by atoms with Crippen molar-refractivity contribution in [3.05, 3.63) is 47.0 Å². The molecule has 0 saturated carbocycles. The fraction of sp³-hybridized carbons (Fsp3) is 0.609. The normalized spacial score (nSPS) is 24.9. The Balaban J connectivity index is 1.46. The van der Waals surface area contributed by atoms with Gasteiger partial charge in [-0.2, -0.15) is 0 Å². The molecule has 2 unspecified atom stereocenters. The lowest BCUT2D eigenvalue weighted by Gasteiger charge is -2.40. The van der Waals surface area contributed by atoms with Crippen molar-refractivity contribution in [3.63, 3.8) is 0 Å². The molecule has 0 radical (unpaired) electrons. The number of benzene rings is 1. The van der Waals surface area contributed by atoms with Crippen LogP contribution >= 0.6 is 0 Å². The first-order chi connectivity index (χ1) is 13.8. The molecular formula is C23H33N5O. The number of fused-ring (bicyclic) bond motifs is 2. The second-order valence-corrected chi connectivity index (χ2v) is 9.16. The summed E-state index contributed by atoms with van der Waals surface area (Å²) in [6.07, 6.45) is 4.53. The number of piperidine rings is 1. The highest BCUT2D eigenvalue weighted by molar-refractivity contribution is 5.78. The maximum Gasteiger partial charge on any atom is 0.224 e. The Morgan fingerprint density at radius 2 is 1.69 bits per heavy atom. The smallest absolute Gasteiger partial charge is 0.224 e. The lowest BCUT2D eigenvalue weighted by molar-refractivity contribution is -0.136. The third-order valence-corrected chi connectivity index (χ3v) is 6.67. The average molecular weight is 396 g/mol. The van der Waals surface area contributed by atoms with Gasteiger partial charge in [-0.1, -0.05) is 43.7 Å². The summed E-state index contributed by atoms with van der Waals surface area (Å²) in [6, 6.07) is 8.94. The Labute approximate surface area is 173 Å². The van der Waals surface area contributed by atoms with Gasteiger partial charge < -0.3 is 15.2 Å². The van der Waals surface area contributed by atoms with Crippen LogP contribution in [-0.4, -0.2) is 37.7 Å². The van der Waals surface area contributed by atoms with Gasteiger partial charge in [0.15, 0.2) is 0 Å². The van der Waals surface area contributed by atoms with Crippen molar-refractivity contribution in [2.45, 2.75) is 89.9 Å². The molecule has 2 bridgehead atoms. The van der Waals surface area contributed by atoms with Crippen molar-refractivity contribution < 1.29 is 4.79 Å². The zero-order valence-corrected chi connectivity index (χ0v) is 18.0. The lowest BCUT2D eigenvalue weighted by Crippen LogP contribution is -2.47. The molecule has 1 amide bonds. The van der Waals surface area contributed by atoms with Crippen LogP contribution in [0.4, 0.5) is 0 Å². The molecule has 2 aliphatic rings. The molecule has 1 aromatic carbocycles. The van der Waals surface area contributed by atoms with Crippen molar-refractivity contribution in [3.8, 4) is 0 Å². The van der Waals surface area contributed by atoms with E-state index in [0.29, 0.717) is 30.5 Å². The summed E-state index contributed by atoms with van der Waals surface area (Å²) in [7, 11) is 0. The van der Waals surface area contributed by atoms with Crippen LogP contribution in [0, 0.1) is 13.8 Å². The quantitative estimate of drug-likeness (QED) is 0.835. The largest absolute Gasteiger partial charge is 0.337 e. The minimum Gasteiger partial charge on any atom is -0.337 e. The molecule has 156 valence electrons. The molecule has 3 atom stereocenters. The molecule has 0 spiro atoms. The number of carbonyl (C=O) groups excluding carboxylic acids is 1. The Morgan fingerprint density at radius 3 is 2.28 bits per heavy atom. The highest BCUT2D eigenvalue weighted by atomic mass is 16.2. The van der Waals surface area contributed by atoms with Gasteiger partial charge in [-0.3, -0.25) is 4.79 Å². The van der Waals surface area contributed by atoms with Crippen LogP contribution in [0.5, 0.6) is 0 Å². The third kappa shape index (κ3) is 3.82. The van der Waals surface area contributed by atoms with Gasteiger partial charge in [0.1, 0.15) is 11.6 Å². The fourth-order valence-electron chi connectivity index (χ4n) is 5.22. The van der Waals surface area contributed by atoms with Gasteiger partial charge in [0.05, 0.1) is 0 Å². The van der Waals surface area contributed by atoms with Gasteiger partial charge in [0, 0.05) is 36.5 Å². The lowest BCUT2D eigenvalue weighted by atomic mass is 9.94. The van der Waals surface area contributed by atoms with E-state index in [9.17, 15) is 4.79 Å². The first-order valence-corrected chi connectivity index (χ1v) is 10.9. The molecule has 1 aromatic heterocycles. The third-order valence-electron chi connectivity index (χ3n) is 6.67. The number of hydrogen-bond donors (Lipinski definition) is 1. The van der Waals surface area contributed by atoms with Crippen LogP contribution in [0.1, 0.15) is 86.7 Å². The van der Waals surface area contributed by atoms with Crippen LogP contribution in [0.25, 0.3) is 0 Å². The summed E-state index contributed by atoms with van der Waals surface area (Å²) < 4.78 is 2.33. The van der Waals surface area contributed by atoms with E-state index in [-0.39, 0.29) is 11.9 Å². The number of nitrogens with zero attached hydrogens (tertiary/aromatic N) is 4. The molecule has 2 aromatic rings. The number of rotatable bonds is 5. The number of aryl methyl sites for hydroxylation is 2. The Morgan fingerprint density at radius 1 is 1.07 bits per heavy atom. The Kier molecular flexibility index (Phi) is 5.47. The molecule has 2 fully saturated rings. The topological polar surface area (TPSA) is 77.0 Å². The number of aromatic nitrogens is 3. The molecule has 2 saturated heterocycles. The van der Waals surface area contributed by atoms with Crippen LogP contribution in [-0.2, 0) is 4.79 Å². The van der Waals surface area contributed by atoms with Crippen molar-refractivity contribution in [1.29, 1.82) is 0 Å². The molecule has 6 heteroatoms. The fourth-order valence-corrected chi connectivity index (χ4v) is 5.22. The van der Waals surface area contributed by atoms with Crippen LogP contribution in [0.2, 0.25) is 0 Å². The van der Waals surface area contributed by atoms with E-state index in [1.54, 1.807) is 0 Å². The first kappa shape index (κ1) is 20.1. The zero-order chi connectivity index (χ0) is 20.7. The predicted octanol–water partition coefficient (Wildman–Crippen LogP) is 3.80. The van der Waals surface area contributed by atoms with E-state index in [2.05, 4.69) is 52.6 Å². The summed E-state index contributed by atoms with van der Waals surface area (Å²) in [4.78, 5) is 15.3. The van der Waals surface area contributed by atoms with Crippen molar-refractivity contribution >= 4 is 5.91 Å². The van der Waals surface area contributed by atoms with Crippen molar-refractivity contribution in [2.24, 2.45) is 5.73 Å². The second-order valence-electron chi connectivity index (χ2n) is 9.16. The van der Waals surface area contributed by atoms with Crippen molar-refractivity contribution in [2.75, 3.05) is 0 Å². The molecule has 2 aliphatic heterocycles. The number of nitrogens with two attached hydrogens (primary N) is 1. The number of carbonyl (C=O) groups is 1. The standard InChI is InChI=1S/C23H33N5O/c1-14(2)23-26-25-16(4)27(23)20-11-18-9-10-19(12-20)28(18)22(29)13-21(24)17-7-5-15(3)6-8-17/h5-8,14,18-21H,9-13,24H2,1-4H3/t18?,19?,20?,21-/m0/s1. The Bertz CT molecular complexity index is 858. The molecule has 2 N–H and O–H groups in total. The second kappa shape index (κ2) is 7.90. The van der Waals surface area contributed by atoms with E-state index < -0.39 is 0 Å². The minimum absolute atomic E-state index is 0.202. The number of hydrogen-bond acceptors (Lipinski definition) is 4. The summed E-state index contributed by atoms with van der Waals surface area (Å²) in [5.41, 5.74) is 8.61. The first-order valence-electron chi connectivity index (χ1n) is 10.9. The average Bonchev–Trinajstić information content (AvgIpc) is 3.19. The summed E-state index contributed by atoms with van der Waals surface area (Å²) in [6.45, 7) is 8.43. The van der Waals surface area contributed by atoms with Crippen molar-refractivity contribution in [1.82, 2.24) is 19.7 Å². The highest BCUT2D eigenvalue weighted by Crippen LogP contribution is 2.42. The van der Waals surface area contributed by atoms with E-state index >= 15 is 0 Å². The summed E-state index contributed by atoms with van der Waals surface area (Å²) in [5, 5.41) is 8.74. The molecule has 3 heterocycles. The van der Waals surface area contributed by atoms with Gasteiger partial charge >= 0.3 is 0 Å². The SMILES string of the molecule is Cc1ccc([C@@H](N)CC(=O)N2C3CCC2CC(n2c(C)nnc2C(C)C)C3)cc1. The van der Waals surface area contributed by atoms with E-state index in [4.69, 9.17) is 5.73 Å². The van der Waals surface area contributed by atoms with E-state index in [1.165, 1.54) is 5.56 Å². The zero-order valence-electron chi connectivity index (χ0n) is 18.0. The molecule has 4 rings (SSSR count). The number of amides is 1. The monoisotopic (exact) mass is 395 g/mol. The predicted molar refractivity (Wildman–Crippen MR) is 113 cm³/mol. The van der Waals surface area contributed by atoms with Gasteiger partial charge in [-0.05, 0) is 45.1 Å². The van der Waals surface area contributed by atoms with Gasteiger partial charge in [-0.25, -0.2) is 0 Å². The molecule has 29 heavy (non-hydrogen) atoms. The Hall–Kier alpha value is -2.21. The highest BCUT2D eigenvalue weighted by Gasteiger charge is 2.44. The van der Waals surface area contributed by atoms with Gasteiger partial charge in [0.25, 0.3) is 0 Å². The maximum absolute atomic E-state index is 13.2. The van der Waals surface area contributed by atoms with E-state index in [0.717, 1.165) is 42.9 Å². The molecular weight excluding hydrogens is 362 g/mol. The van der Waals surface area contributed by atoms with Crippen LogP contribution in [0.3, 0.4) is 0 Å². The van der Waals surface area contributed by atoms with Gasteiger partial charge in [0.2, 0.25) is 5.91 Å². The van der Waals surface area contributed by atoms with Crippen LogP contribution < -0.4 is 5.73 Å².